The Bertz CT molecular complexity index is 393. The minimum Gasteiger partial charge on any atom is -0.364 e. The Morgan fingerprint density at radius 3 is 3.12 bits per heavy atom. The molecule has 4 heteroatoms. The van der Waals surface area contributed by atoms with Gasteiger partial charge in [0.05, 0.1) is 18.1 Å². The molecule has 0 aromatic carbocycles. The lowest BCUT2D eigenvalue weighted by Crippen LogP contribution is -2.53. The predicted octanol–water partition coefficient (Wildman–Crippen LogP) is 0.540. The van der Waals surface area contributed by atoms with Crippen molar-refractivity contribution < 1.29 is 9.53 Å². The van der Waals surface area contributed by atoms with Gasteiger partial charge < -0.3 is 15.0 Å². The molecule has 3 rings (SSSR count). The number of likely N-dealkylation sites (tertiary alicyclic amines) is 1. The minimum atomic E-state index is -0.298. The van der Waals surface area contributed by atoms with Crippen molar-refractivity contribution >= 4 is 5.91 Å². The van der Waals surface area contributed by atoms with Gasteiger partial charge in [0.1, 0.15) is 5.60 Å². The predicted molar refractivity (Wildman–Crippen MR) is 64.6 cm³/mol. The van der Waals surface area contributed by atoms with Crippen molar-refractivity contribution in [3.63, 3.8) is 0 Å². The third-order valence-corrected chi connectivity index (χ3v) is 4.30. The maximum Gasteiger partial charge on any atom is 0.230 e. The number of nitrogens with one attached hydrogen (secondary N) is 1. The summed E-state index contributed by atoms with van der Waals surface area (Å²) in [6.45, 7) is 8.62. The molecule has 94 valence electrons. The van der Waals surface area contributed by atoms with Crippen LogP contribution in [0.2, 0.25) is 0 Å². The van der Waals surface area contributed by atoms with Crippen molar-refractivity contribution in [2.75, 3.05) is 19.6 Å². The molecule has 3 aliphatic rings. The Labute approximate surface area is 102 Å². The van der Waals surface area contributed by atoms with Gasteiger partial charge in [-0.1, -0.05) is 11.6 Å². The van der Waals surface area contributed by atoms with Crippen molar-refractivity contribution in [1.82, 2.24) is 10.2 Å². The molecule has 2 fully saturated rings. The van der Waals surface area contributed by atoms with Crippen LogP contribution < -0.4 is 5.32 Å². The largest absolute Gasteiger partial charge is 0.364 e. The topological polar surface area (TPSA) is 41.6 Å². The van der Waals surface area contributed by atoms with E-state index >= 15 is 0 Å². The number of ether oxygens (including phenoxy) is 1. The number of carbonyl (C=O) groups is 1. The van der Waals surface area contributed by atoms with Crippen LogP contribution in [0, 0.1) is 5.92 Å². The summed E-state index contributed by atoms with van der Waals surface area (Å²) in [7, 11) is 0. The molecule has 3 heterocycles. The lowest BCUT2D eigenvalue weighted by molar-refractivity contribution is -0.131. The minimum absolute atomic E-state index is 0.00398. The fourth-order valence-electron chi connectivity index (χ4n) is 3.56. The number of hydrogen-bond acceptors (Lipinski definition) is 3. The summed E-state index contributed by atoms with van der Waals surface area (Å²) in [6.07, 6.45) is 2.25. The molecule has 1 amide bonds. The summed E-state index contributed by atoms with van der Waals surface area (Å²) in [4.78, 5) is 14.2. The van der Waals surface area contributed by atoms with Gasteiger partial charge in [-0.3, -0.25) is 4.79 Å². The van der Waals surface area contributed by atoms with E-state index in [1.807, 2.05) is 11.8 Å². The van der Waals surface area contributed by atoms with Crippen LogP contribution in [0.15, 0.2) is 11.6 Å². The summed E-state index contributed by atoms with van der Waals surface area (Å²) in [5.74, 6) is 0.260. The summed E-state index contributed by atoms with van der Waals surface area (Å²) < 4.78 is 6.15. The molecule has 0 saturated carbocycles. The average Bonchev–Trinajstić information content (AvgIpc) is 2.70. The van der Waals surface area contributed by atoms with Gasteiger partial charge >= 0.3 is 0 Å². The SMILES string of the molecule is CCN1CC2OC3(C)C=C(C)CNC3C2C1=O. The van der Waals surface area contributed by atoms with E-state index in [9.17, 15) is 4.79 Å². The molecule has 4 atom stereocenters. The Morgan fingerprint density at radius 2 is 2.41 bits per heavy atom. The van der Waals surface area contributed by atoms with E-state index in [0.29, 0.717) is 0 Å². The second-order valence-corrected chi connectivity index (χ2v) is 5.59. The molecule has 0 radical (unpaired) electrons. The van der Waals surface area contributed by atoms with Crippen LogP contribution in [0.3, 0.4) is 0 Å². The number of carbonyl (C=O) groups excluding carboxylic acids is 1. The maximum absolute atomic E-state index is 12.3. The Kier molecular flexibility index (Phi) is 2.35. The molecule has 0 aromatic rings. The van der Waals surface area contributed by atoms with Crippen LogP contribution in [0.5, 0.6) is 0 Å². The number of nitrogens with zero attached hydrogens (tertiary/aromatic N) is 1. The van der Waals surface area contributed by atoms with Gasteiger partial charge in [-0.25, -0.2) is 0 Å². The van der Waals surface area contributed by atoms with Gasteiger partial charge in [0.25, 0.3) is 0 Å². The highest BCUT2D eigenvalue weighted by molar-refractivity contribution is 5.83. The Morgan fingerprint density at radius 1 is 1.65 bits per heavy atom. The van der Waals surface area contributed by atoms with E-state index in [0.717, 1.165) is 19.6 Å². The maximum atomic E-state index is 12.3. The molecule has 3 aliphatic heterocycles. The van der Waals surface area contributed by atoms with E-state index in [1.165, 1.54) is 5.57 Å². The van der Waals surface area contributed by atoms with Crippen molar-refractivity contribution in [3.05, 3.63) is 11.6 Å². The molecule has 0 aliphatic carbocycles. The molecule has 2 saturated heterocycles. The van der Waals surface area contributed by atoms with Gasteiger partial charge in [-0.05, 0) is 20.8 Å². The first kappa shape index (κ1) is 11.2. The smallest absolute Gasteiger partial charge is 0.230 e. The number of rotatable bonds is 1. The van der Waals surface area contributed by atoms with Crippen molar-refractivity contribution in [2.24, 2.45) is 5.92 Å². The lowest BCUT2D eigenvalue weighted by atomic mass is 9.84. The van der Waals surface area contributed by atoms with Gasteiger partial charge in [-0.2, -0.15) is 0 Å². The normalized spacial score (nSPS) is 44.6. The van der Waals surface area contributed by atoms with Gasteiger partial charge in [0, 0.05) is 19.6 Å². The van der Waals surface area contributed by atoms with Crippen LogP contribution in [0.1, 0.15) is 20.8 Å². The third kappa shape index (κ3) is 1.47. The summed E-state index contributed by atoms with van der Waals surface area (Å²) in [5, 5.41) is 3.48. The van der Waals surface area contributed by atoms with Crippen LogP contribution in [0.25, 0.3) is 0 Å². The molecule has 1 N–H and O–H groups in total. The monoisotopic (exact) mass is 236 g/mol. The van der Waals surface area contributed by atoms with E-state index < -0.39 is 0 Å². The lowest BCUT2D eigenvalue weighted by Gasteiger charge is -2.35. The molecule has 17 heavy (non-hydrogen) atoms. The first-order valence-electron chi connectivity index (χ1n) is 6.43. The van der Waals surface area contributed by atoms with E-state index in [-0.39, 0.29) is 29.6 Å². The quantitative estimate of drug-likeness (QED) is 0.676. The standard InChI is InChI=1S/C13H20N2O2/c1-4-15-7-9-10(12(15)16)11-13(3,17-9)5-8(2)6-14-11/h5,9-11,14H,4,6-7H2,1-3H3. The number of fused-ring (bicyclic) bond motifs is 3. The van der Waals surface area contributed by atoms with E-state index in [4.69, 9.17) is 4.74 Å². The molecule has 4 nitrogen and oxygen atoms in total. The van der Waals surface area contributed by atoms with Crippen molar-refractivity contribution in [1.29, 1.82) is 0 Å². The zero-order valence-corrected chi connectivity index (χ0v) is 10.7. The van der Waals surface area contributed by atoms with Crippen LogP contribution in [-0.2, 0) is 9.53 Å². The second kappa shape index (κ2) is 3.56. The summed E-state index contributed by atoms with van der Waals surface area (Å²) >= 11 is 0. The average molecular weight is 236 g/mol. The van der Waals surface area contributed by atoms with Gasteiger partial charge in [0.2, 0.25) is 5.91 Å². The number of amides is 1. The molecule has 0 spiro atoms. The van der Waals surface area contributed by atoms with Crippen LogP contribution in [-0.4, -0.2) is 48.2 Å². The first-order chi connectivity index (χ1) is 8.05. The molecule has 4 unspecified atom stereocenters. The number of likely N-dealkylation sites (N-methyl/N-ethyl adjacent to an activating group) is 1. The van der Waals surface area contributed by atoms with Crippen LogP contribution in [0.4, 0.5) is 0 Å². The first-order valence-corrected chi connectivity index (χ1v) is 6.43. The second-order valence-electron chi connectivity index (χ2n) is 5.59. The summed E-state index contributed by atoms with van der Waals surface area (Å²) in [6, 6.07) is 0.139. The van der Waals surface area contributed by atoms with Gasteiger partial charge in [-0.15, -0.1) is 0 Å². The highest BCUT2D eigenvalue weighted by Crippen LogP contribution is 2.42. The zero-order valence-electron chi connectivity index (χ0n) is 10.7. The van der Waals surface area contributed by atoms with E-state index in [1.54, 1.807) is 0 Å². The van der Waals surface area contributed by atoms with Crippen molar-refractivity contribution in [2.45, 2.75) is 38.5 Å². The van der Waals surface area contributed by atoms with Gasteiger partial charge in [0.15, 0.2) is 0 Å². The fourth-order valence-corrected chi connectivity index (χ4v) is 3.56. The highest BCUT2D eigenvalue weighted by atomic mass is 16.5. The van der Waals surface area contributed by atoms with Crippen molar-refractivity contribution in [3.8, 4) is 0 Å². The fraction of sp³-hybridized carbons (Fsp3) is 0.769. The Balaban J connectivity index is 1.91. The highest BCUT2D eigenvalue weighted by Gasteiger charge is 2.59. The number of hydrogen-bond donors (Lipinski definition) is 1. The molecular formula is C13H20N2O2. The molecule has 0 aromatic heterocycles. The Hall–Kier alpha value is -0.870. The van der Waals surface area contributed by atoms with Crippen LogP contribution >= 0.6 is 0 Å². The molecule has 0 bridgehead atoms. The van der Waals surface area contributed by atoms with E-state index in [2.05, 4.69) is 25.2 Å². The zero-order chi connectivity index (χ0) is 12.2. The molecular weight excluding hydrogens is 216 g/mol. The summed E-state index contributed by atoms with van der Waals surface area (Å²) in [5.41, 5.74) is 0.996. The third-order valence-electron chi connectivity index (χ3n) is 4.30.